The van der Waals surface area contributed by atoms with Crippen molar-refractivity contribution < 1.29 is 23.1 Å². The van der Waals surface area contributed by atoms with Crippen LogP contribution in [-0.2, 0) is 14.8 Å². The molecule has 1 aliphatic carbocycles. The molecule has 1 fully saturated rings. The van der Waals surface area contributed by atoms with Crippen molar-refractivity contribution in [1.29, 1.82) is 0 Å². The maximum Gasteiger partial charge on any atom is 0.352 e. The molecule has 0 radical (unpaired) electrons. The summed E-state index contributed by atoms with van der Waals surface area (Å²) in [6.45, 7) is 0. The SMILES string of the molecule is COC1CCCC1NS(=O)(=O)c1c[nH]c(C(=O)O)c1. The monoisotopic (exact) mass is 288 g/mol. The number of methoxy groups -OCH3 is 1. The van der Waals surface area contributed by atoms with Gasteiger partial charge in [0.15, 0.2) is 0 Å². The van der Waals surface area contributed by atoms with E-state index in [1.807, 2.05) is 0 Å². The number of sulfonamides is 1. The van der Waals surface area contributed by atoms with E-state index < -0.39 is 16.0 Å². The standard InChI is InChI=1S/C11H16N2O5S/c1-18-10-4-2-3-8(10)13-19(16,17)7-5-9(11(14)15)12-6-7/h5-6,8,10,12-13H,2-4H2,1H3,(H,14,15). The topological polar surface area (TPSA) is 108 Å². The lowest BCUT2D eigenvalue weighted by Gasteiger charge is -2.19. The van der Waals surface area contributed by atoms with Crippen LogP contribution in [0.4, 0.5) is 0 Å². The van der Waals surface area contributed by atoms with Crippen LogP contribution in [0, 0.1) is 0 Å². The molecule has 0 aliphatic heterocycles. The average molecular weight is 288 g/mol. The number of carboxylic acids is 1. The van der Waals surface area contributed by atoms with Crippen molar-refractivity contribution in [1.82, 2.24) is 9.71 Å². The third-order valence-corrected chi connectivity index (χ3v) is 4.73. The Labute approximate surface area is 111 Å². The fourth-order valence-electron chi connectivity index (χ4n) is 2.26. The molecule has 2 atom stereocenters. The zero-order chi connectivity index (χ0) is 14.0. The van der Waals surface area contributed by atoms with Crippen molar-refractivity contribution in [3.63, 3.8) is 0 Å². The van der Waals surface area contributed by atoms with Crippen LogP contribution in [0.2, 0.25) is 0 Å². The average Bonchev–Trinajstić information content (AvgIpc) is 2.95. The largest absolute Gasteiger partial charge is 0.477 e. The Morgan fingerprint density at radius 3 is 2.84 bits per heavy atom. The van der Waals surface area contributed by atoms with E-state index in [0.717, 1.165) is 18.9 Å². The van der Waals surface area contributed by atoms with Gasteiger partial charge in [-0.2, -0.15) is 0 Å². The van der Waals surface area contributed by atoms with Gasteiger partial charge in [0.05, 0.1) is 6.10 Å². The second-order valence-electron chi connectivity index (χ2n) is 4.49. The number of aromatic nitrogens is 1. The fourth-order valence-corrected chi connectivity index (χ4v) is 3.55. The lowest BCUT2D eigenvalue weighted by Crippen LogP contribution is -2.40. The number of hydrogen-bond acceptors (Lipinski definition) is 4. The Morgan fingerprint density at radius 2 is 2.26 bits per heavy atom. The molecule has 1 aromatic rings. The highest BCUT2D eigenvalue weighted by Crippen LogP contribution is 2.23. The Morgan fingerprint density at radius 1 is 1.53 bits per heavy atom. The number of ether oxygens (including phenoxy) is 1. The minimum absolute atomic E-state index is 0.0772. The van der Waals surface area contributed by atoms with E-state index in [-0.39, 0.29) is 22.7 Å². The van der Waals surface area contributed by atoms with Gasteiger partial charge in [-0.25, -0.2) is 17.9 Å². The second-order valence-corrected chi connectivity index (χ2v) is 6.20. The molecule has 7 nitrogen and oxygen atoms in total. The van der Waals surface area contributed by atoms with Gasteiger partial charge < -0.3 is 14.8 Å². The number of H-pyrrole nitrogens is 1. The normalized spacial score (nSPS) is 23.6. The van der Waals surface area contributed by atoms with Crippen LogP contribution in [0.15, 0.2) is 17.2 Å². The van der Waals surface area contributed by atoms with Gasteiger partial charge in [0, 0.05) is 19.3 Å². The van der Waals surface area contributed by atoms with Crippen LogP contribution in [0.25, 0.3) is 0 Å². The van der Waals surface area contributed by atoms with Gasteiger partial charge in [0.1, 0.15) is 10.6 Å². The zero-order valence-corrected chi connectivity index (χ0v) is 11.2. The summed E-state index contributed by atoms with van der Waals surface area (Å²) in [4.78, 5) is 13.1. The summed E-state index contributed by atoms with van der Waals surface area (Å²) < 4.78 is 32.0. The minimum atomic E-state index is -3.72. The first kappa shape index (κ1) is 14.0. The first-order valence-electron chi connectivity index (χ1n) is 5.91. The number of carboxylic acid groups (broad SMARTS) is 1. The van der Waals surface area contributed by atoms with Gasteiger partial charge in [-0.3, -0.25) is 0 Å². The second kappa shape index (κ2) is 5.32. The highest BCUT2D eigenvalue weighted by molar-refractivity contribution is 7.89. The van der Waals surface area contributed by atoms with Crippen LogP contribution in [0.1, 0.15) is 29.8 Å². The fraction of sp³-hybridized carbons (Fsp3) is 0.545. The molecule has 1 saturated carbocycles. The minimum Gasteiger partial charge on any atom is -0.477 e. The smallest absolute Gasteiger partial charge is 0.352 e. The number of rotatable bonds is 5. The van der Waals surface area contributed by atoms with Gasteiger partial charge >= 0.3 is 5.97 Å². The van der Waals surface area contributed by atoms with Gasteiger partial charge in [0.25, 0.3) is 0 Å². The van der Waals surface area contributed by atoms with Crippen molar-refractivity contribution in [2.24, 2.45) is 0 Å². The summed E-state index contributed by atoms with van der Waals surface area (Å²) >= 11 is 0. The number of carbonyl (C=O) groups is 1. The third kappa shape index (κ3) is 2.96. The summed E-state index contributed by atoms with van der Waals surface area (Å²) in [5.74, 6) is -1.20. The van der Waals surface area contributed by atoms with E-state index in [1.165, 1.54) is 6.20 Å². The van der Waals surface area contributed by atoms with Crippen LogP contribution in [0.3, 0.4) is 0 Å². The van der Waals surface area contributed by atoms with Crippen LogP contribution < -0.4 is 4.72 Å². The number of hydrogen-bond donors (Lipinski definition) is 3. The maximum absolute atomic E-state index is 12.1. The summed E-state index contributed by atoms with van der Waals surface area (Å²) in [7, 11) is -2.17. The highest BCUT2D eigenvalue weighted by Gasteiger charge is 2.31. The predicted molar refractivity (Wildman–Crippen MR) is 66.5 cm³/mol. The van der Waals surface area contributed by atoms with E-state index in [4.69, 9.17) is 9.84 Å². The zero-order valence-electron chi connectivity index (χ0n) is 10.4. The summed E-state index contributed by atoms with van der Waals surface area (Å²) in [5, 5.41) is 8.76. The Balaban J connectivity index is 2.15. The van der Waals surface area contributed by atoms with Crippen LogP contribution >= 0.6 is 0 Å². The van der Waals surface area contributed by atoms with Crippen molar-refractivity contribution in [3.8, 4) is 0 Å². The molecule has 1 aliphatic rings. The molecule has 0 aromatic carbocycles. The van der Waals surface area contributed by atoms with E-state index >= 15 is 0 Å². The quantitative estimate of drug-likeness (QED) is 0.733. The van der Waals surface area contributed by atoms with E-state index in [0.29, 0.717) is 6.42 Å². The molecule has 2 rings (SSSR count). The van der Waals surface area contributed by atoms with E-state index in [1.54, 1.807) is 7.11 Å². The molecule has 1 heterocycles. The summed E-state index contributed by atoms with van der Waals surface area (Å²) in [5.41, 5.74) is -0.157. The van der Waals surface area contributed by atoms with Crippen molar-refractivity contribution in [3.05, 3.63) is 18.0 Å². The predicted octanol–water partition coefficient (Wildman–Crippen LogP) is 0.559. The molecule has 0 amide bonds. The van der Waals surface area contributed by atoms with E-state index in [9.17, 15) is 13.2 Å². The molecule has 19 heavy (non-hydrogen) atoms. The molecule has 106 valence electrons. The molecule has 0 spiro atoms. The van der Waals surface area contributed by atoms with Crippen molar-refractivity contribution >= 4 is 16.0 Å². The number of aromatic carboxylic acids is 1. The highest BCUT2D eigenvalue weighted by atomic mass is 32.2. The number of aromatic amines is 1. The van der Waals surface area contributed by atoms with Crippen LogP contribution in [0.5, 0.6) is 0 Å². The van der Waals surface area contributed by atoms with Gasteiger partial charge in [-0.05, 0) is 25.3 Å². The molecule has 1 aromatic heterocycles. The van der Waals surface area contributed by atoms with Gasteiger partial charge in [0.2, 0.25) is 10.0 Å². The van der Waals surface area contributed by atoms with Crippen LogP contribution in [-0.4, -0.2) is 43.7 Å². The van der Waals surface area contributed by atoms with Crippen molar-refractivity contribution in [2.75, 3.05) is 7.11 Å². The molecule has 8 heteroatoms. The first-order valence-corrected chi connectivity index (χ1v) is 7.39. The lowest BCUT2D eigenvalue weighted by molar-refractivity contribution is 0.0691. The van der Waals surface area contributed by atoms with E-state index in [2.05, 4.69) is 9.71 Å². The summed E-state index contributed by atoms with van der Waals surface area (Å²) in [6.07, 6.45) is 3.47. The molecular weight excluding hydrogens is 272 g/mol. The molecule has 0 bridgehead atoms. The summed E-state index contributed by atoms with van der Waals surface area (Å²) in [6, 6.07) is 0.833. The molecule has 3 N–H and O–H groups in total. The maximum atomic E-state index is 12.1. The van der Waals surface area contributed by atoms with Crippen molar-refractivity contribution in [2.45, 2.75) is 36.3 Å². The van der Waals surface area contributed by atoms with Gasteiger partial charge in [-0.1, -0.05) is 0 Å². The molecule has 0 saturated heterocycles. The molecular formula is C11H16N2O5S. The number of nitrogens with one attached hydrogen (secondary N) is 2. The first-order chi connectivity index (χ1) is 8.94. The Bertz CT molecular complexity index is 565. The lowest BCUT2D eigenvalue weighted by atomic mass is 10.2. The van der Waals surface area contributed by atoms with Gasteiger partial charge in [-0.15, -0.1) is 0 Å². The third-order valence-electron chi connectivity index (χ3n) is 3.26. The Hall–Kier alpha value is -1.38. The molecule has 2 unspecified atom stereocenters. The Kier molecular flexibility index (Phi) is 3.93.